The lowest BCUT2D eigenvalue weighted by atomic mass is 9.90. The maximum atomic E-state index is 13.0. The van der Waals surface area contributed by atoms with Gasteiger partial charge in [0.2, 0.25) is 0 Å². The van der Waals surface area contributed by atoms with E-state index in [1.807, 2.05) is 45.0 Å². The number of fused-ring (bicyclic) bond motifs is 1. The van der Waals surface area contributed by atoms with E-state index >= 15 is 0 Å². The van der Waals surface area contributed by atoms with Gasteiger partial charge in [0, 0.05) is 23.4 Å². The quantitative estimate of drug-likeness (QED) is 0.309. The number of amides is 2. The molecule has 2 amide bonds. The van der Waals surface area contributed by atoms with E-state index in [0.29, 0.717) is 22.4 Å². The first-order valence-corrected chi connectivity index (χ1v) is 13.2. The SMILES string of the molecule is CC(C)(C)OC(=O)NC1CCCCC1NC(=O)c1ccc(Nc2cc(On3nnc4ccccc43)ncn2)cc1. The van der Waals surface area contributed by atoms with Crippen molar-refractivity contribution in [1.82, 2.24) is 35.8 Å². The molecule has 2 aromatic heterocycles. The van der Waals surface area contributed by atoms with Crippen LogP contribution in [0.25, 0.3) is 11.0 Å². The summed E-state index contributed by atoms with van der Waals surface area (Å²) in [6.07, 6.45) is 4.45. The van der Waals surface area contributed by atoms with Gasteiger partial charge in [0.25, 0.3) is 11.8 Å². The maximum Gasteiger partial charge on any atom is 0.407 e. The number of aromatic nitrogens is 5. The molecule has 40 heavy (non-hydrogen) atoms. The van der Waals surface area contributed by atoms with Crippen LogP contribution in [0.5, 0.6) is 5.88 Å². The summed E-state index contributed by atoms with van der Waals surface area (Å²) in [5, 5.41) is 17.3. The van der Waals surface area contributed by atoms with Crippen LogP contribution in [-0.4, -0.2) is 54.8 Å². The van der Waals surface area contributed by atoms with Crippen LogP contribution >= 0.6 is 0 Å². The van der Waals surface area contributed by atoms with Crippen molar-refractivity contribution in [3.8, 4) is 5.88 Å². The Balaban J connectivity index is 1.19. The van der Waals surface area contributed by atoms with Crippen LogP contribution in [0.1, 0.15) is 56.8 Å². The first kappa shape index (κ1) is 26.9. The van der Waals surface area contributed by atoms with Crippen LogP contribution in [0.15, 0.2) is 60.9 Å². The molecule has 0 saturated heterocycles. The fourth-order valence-electron chi connectivity index (χ4n) is 4.50. The molecule has 0 aliphatic heterocycles. The summed E-state index contributed by atoms with van der Waals surface area (Å²) in [7, 11) is 0. The third-order valence-electron chi connectivity index (χ3n) is 6.35. The fourth-order valence-corrected chi connectivity index (χ4v) is 4.50. The number of carbonyl (C=O) groups is 2. The molecule has 0 radical (unpaired) electrons. The summed E-state index contributed by atoms with van der Waals surface area (Å²) in [5.41, 5.74) is 2.08. The van der Waals surface area contributed by atoms with Crippen molar-refractivity contribution >= 4 is 34.5 Å². The van der Waals surface area contributed by atoms with Gasteiger partial charge in [0.1, 0.15) is 28.8 Å². The Morgan fingerprint density at radius 2 is 1.68 bits per heavy atom. The van der Waals surface area contributed by atoms with Gasteiger partial charge < -0.3 is 25.5 Å². The van der Waals surface area contributed by atoms with Crippen molar-refractivity contribution in [1.29, 1.82) is 0 Å². The third-order valence-corrected chi connectivity index (χ3v) is 6.35. The number of para-hydroxylation sites is 1. The number of nitrogens with zero attached hydrogens (tertiary/aromatic N) is 5. The van der Waals surface area contributed by atoms with Gasteiger partial charge >= 0.3 is 6.09 Å². The molecule has 0 bridgehead atoms. The molecule has 208 valence electrons. The Morgan fingerprint density at radius 3 is 2.42 bits per heavy atom. The van der Waals surface area contributed by atoms with Crippen LogP contribution in [0.4, 0.5) is 16.3 Å². The third kappa shape index (κ3) is 6.82. The van der Waals surface area contributed by atoms with Gasteiger partial charge in [-0.15, -0.1) is 5.10 Å². The predicted octanol–water partition coefficient (Wildman–Crippen LogP) is 4.37. The van der Waals surface area contributed by atoms with Crippen molar-refractivity contribution in [3.63, 3.8) is 0 Å². The van der Waals surface area contributed by atoms with E-state index in [4.69, 9.17) is 9.57 Å². The second-order valence-electron chi connectivity index (χ2n) is 10.6. The monoisotopic (exact) mass is 544 g/mol. The number of hydrogen-bond acceptors (Lipinski definition) is 9. The summed E-state index contributed by atoms with van der Waals surface area (Å²) in [4.78, 5) is 40.7. The van der Waals surface area contributed by atoms with Crippen LogP contribution in [0.2, 0.25) is 0 Å². The molecule has 4 aromatic rings. The van der Waals surface area contributed by atoms with Crippen LogP contribution in [-0.2, 0) is 4.74 Å². The molecule has 12 heteroatoms. The van der Waals surface area contributed by atoms with Crippen molar-refractivity contribution in [2.75, 3.05) is 5.32 Å². The molecular formula is C28H32N8O4. The van der Waals surface area contributed by atoms with E-state index in [9.17, 15) is 9.59 Å². The molecule has 3 N–H and O–H groups in total. The molecule has 0 spiro atoms. The number of nitrogens with one attached hydrogen (secondary N) is 3. The number of hydrogen-bond donors (Lipinski definition) is 3. The first-order valence-electron chi connectivity index (χ1n) is 13.2. The van der Waals surface area contributed by atoms with Gasteiger partial charge in [-0.05, 0) is 75.2 Å². The van der Waals surface area contributed by atoms with Gasteiger partial charge in [-0.25, -0.2) is 9.78 Å². The fraction of sp³-hybridized carbons (Fsp3) is 0.357. The Labute approximate surface area is 231 Å². The van der Waals surface area contributed by atoms with Crippen molar-refractivity contribution < 1.29 is 19.2 Å². The highest BCUT2D eigenvalue weighted by Gasteiger charge is 2.29. The van der Waals surface area contributed by atoms with Crippen molar-refractivity contribution in [2.45, 2.75) is 64.1 Å². The minimum absolute atomic E-state index is 0.173. The molecular weight excluding hydrogens is 512 g/mol. The van der Waals surface area contributed by atoms with Gasteiger partial charge in [0.15, 0.2) is 0 Å². The van der Waals surface area contributed by atoms with Gasteiger partial charge in [-0.1, -0.05) is 29.8 Å². The Morgan fingerprint density at radius 1 is 0.950 bits per heavy atom. The molecule has 1 saturated carbocycles. The Kier molecular flexibility index (Phi) is 7.76. The summed E-state index contributed by atoms with van der Waals surface area (Å²) >= 11 is 0. The largest absolute Gasteiger partial charge is 0.444 e. The lowest BCUT2D eigenvalue weighted by molar-refractivity contribution is 0.0474. The molecule has 12 nitrogen and oxygen atoms in total. The highest BCUT2D eigenvalue weighted by atomic mass is 16.7. The number of ether oxygens (including phenoxy) is 1. The average molecular weight is 545 g/mol. The Hall–Kier alpha value is -4.74. The number of carbonyl (C=O) groups excluding carboxylic acids is 2. The Bertz CT molecular complexity index is 1480. The normalized spacial score (nSPS) is 17.2. The summed E-state index contributed by atoms with van der Waals surface area (Å²) in [6, 6.07) is 15.8. The topological polar surface area (TPSA) is 145 Å². The standard InChI is InChI=1S/C28H32N8O4/c1-28(2,3)39-27(38)33-21-9-5-4-8-20(21)32-26(37)18-12-14-19(15-13-18)31-24-16-25(30-17-29-24)40-36-23-11-7-6-10-22(23)34-35-36/h6-7,10-17,20-21H,4-5,8-9H2,1-3H3,(H,32,37)(H,33,38)(H,29,30,31). The zero-order chi connectivity index (χ0) is 28.1. The molecule has 1 aliphatic rings. The van der Waals surface area contributed by atoms with Gasteiger partial charge in [-0.2, -0.15) is 4.98 Å². The smallest absolute Gasteiger partial charge is 0.407 e. The zero-order valence-electron chi connectivity index (χ0n) is 22.6. The van der Waals surface area contributed by atoms with E-state index in [0.717, 1.165) is 31.4 Å². The molecule has 5 rings (SSSR count). The first-order chi connectivity index (χ1) is 19.2. The molecule has 2 aromatic carbocycles. The highest BCUT2D eigenvalue weighted by molar-refractivity contribution is 5.94. The minimum Gasteiger partial charge on any atom is -0.444 e. The predicted molar refractivity (Wildman–Crippen MR) is 148 cm³/mol. The zero-order valence-corrected chi connectivity index (χ0v) is 22.6. The summed E-state index contributed by atoms with van der Waals surface area (Å²) in [5.74, 6) is 0.586. The highest BCUT2D eigenvalue weighted by Crippen LogP contribution is 2.22. The van der Waals surface area contributed by atoms with E-state index in [-0.39, 0.29) is 23.9 Å². The molecule has 1 fully saturated rings. The molecule has 2 unspecified atom stereocenters. The average Bonchev–Trinajstić information content (AvgIpc) is 3.32. The summed E-state index contributed by atoms with van der Waals surface area (Å²) < 4.78 is 5.40. The van der Waals surface area contributed by atoms with E-state index < -0.39 is 11.7 Å². The molecule has 1 aliphatic carbocycles. The second-order valence-corrected chi connectivity index (χ2v) is 10.6. The lowest BCUT2D eigenvalue weighted by Crippen LogP contribution is -2.53. The van der Waals surface area contributed by atoms with Crippen LogP contribution < -0.4 is 20.8 Å². The molecule has 2 atom stereocenters. The van der Waals surface area contributed by atoms with Gasteiger partial charge in [0.05, 0.1) is 6.04 Å². The van der Waals surface area contributed by atoms with E-state index in [1.165, 1.54) is 11.2 Å². The van der Waals surface area contributed by atoms with Crippen LogP contribution in [0, 0.1) is 0 Å². The lowest BCUT2D eigenvalue weighted by Gasteiger charge is -2.33. The molecule has 2 heterocycles. The minimum atomic E-state index is -0.584. The van der Waals surface area contributed by atoms with Crippen molar-refractivity contribution in [2.24, 2.45) is 0 Å². The van der Waals surface area contributed by atoms with Crippen LogP contribution in [0.3, 0.4) is 0 Å². The number of alkyl carbamates (subject to hydrolysis) is 1. The number of anilines is 2. The number of benzene rings is 2. The van der Waals surface area contributed by atoms with E-state index in [1.54, 1.807) is 30.3 Å². The number of rotatable bonds is 7. The summed E-state index contributed by atoms with van der Waals surface area (Å²) in [6.45, 7) is 5.47. The maximum absolute atomic E-state index is 13.0. The van der Waals surface area contributed by atoms with E-state index in [2.05, 4.69) is 36.2 Å². The van der Waals surface area contributed by atoms with Gasteiger partial charge in [-0.3, -0.25) is 4.79 Å². The second kappa shape index (κ2) is 11.6. The van der Waals surface area contributed by atoms with Crippen molar-refractivity contribution in [3.05, 3.63) is 66.5 Å².